The molecule has 0 amide bonds. The van der Waals surface area contributed by atoms with Crippen LogP contribution in [0.2, 0.25) is 0 Å². The van der Waals surface area contributed by atoms with E-state index in [0.717, 1.165) is 15.2 Å². The van der Waals surface area contributed by atoms with E-state index in [-0.39, 0.29) is 0 Å². The number of carbonyl (C=O) groups excluding carboxylic acids is 1. The van der Waals surface area contributed by atoms with Gasteiger partial charge in [-0.15, -0.1) is 0 Å². The van der Waals surface area contributed by atoms with Crippen LogP contribution >= 0.6 is 31.9 Å². The fraction of sp³-hybridized carbons (Fsp3) is 0. The number of hydrogen-bond donors (Lipinski definition) is 0. The van der Waals surface area contributed by atoms with Gasteiger partial charge in [-0.3, -0.25) is 0 Å². The van der Waals surface area contributed by atoms with Crippen molar-refractivity contribution in [1.29, 1.82) is 0 Å². The summed E-state index contributed by atoms with van der Waals surface area (Å²) >= 11 is 6.87. The summed E-state index contributed by atoms with van der Waals surface area (Å²) in [6.45, 7) is 0. The number of ether oxygens (including phenoxy) is 1. The Morgan fingerprint density at radius 2 is 1.57 bits per heavy atom. The number of rotatable bonds is 2. The van der Waals surface area contributed by atoms with Gasteiger partial charge in [0.15, 0.2) is 0 Å². The average molecular weight is 406 g/mol. The minimum absolute atomic E-state index is 0.390. The van der Waals surface area contributed by atoms with E-state index in [2.05, 4.69) is 31.9 Å². The van der Waals surface area contributed by atoms with Gasteiger partial charge in [-0.25, -0.2) is 4.79 Å². The molecule has 0 aliphatic heterocycles. The van der Waals surface area contributed by atoms with Gasteiger partial charge in [-0.2, -0.15) is 0 Å². The molecule has 104 valence electrons. The molecule has 0 N–H and O–H groups in total. The summed E-state index contributed by atoms with van der Waals surface area (Å²) in [7, 11) is 0. The maximum atomic E-state index is 12.3. The highest BCUT2D eigenvalue weighted by Gasteiger charge is 2.14. The molecule has 0 unspecified atom stereocenters. The molecule has 0 radical (unpaired) electrons. The molecule has 0 bridgehead atoms. The van der Waals surface area contributed by atoms with Crippen LogP contribution in [0.25, 0.3) is 10.8 Å². The topological polar surface area (TPSA) is 26.3 Å². The van der Waals surface area contributed by atoms with E-state index in [1.165, 1.54) is 0 Å². The average Bonchev–Trinajstić information content (AvgIpc) is 2.51. The van der Waals surface area contributed by atoms with Crippen molar-refractivity contribution in [1.82, 2.24) is 0 Å². The highest BCUT2D eigenvalue weighted by atomic mass is 79.9. The second-order valence-corrected chi connectivity index (χ2v) is 6.12. The van der Waals surface area contributed by atoms with Crippen molar-refractivity contribution in [2.24, 2.45) is 0 Å². The van der Waals surface area contributed by atoms with Crippen LogP contribution in [0.15, 0.2) is 69.6 Å². The molecule has 0 heterocycles. The lowest BCUT2D eigenvalue weighted by atomic mass is 10.1. The number of carbonyl (C=O) groups is 1. The van der Waals surface area contributed by atoms with Crippen molar-refractivity contribution < 1.29 is 9.53 Å². The summed E-state index contributed by atoms with van der Waals surface area (Å²) in [4.78, 5) is 12.3. The molecular weight excluding hydrogens is 396 g/mol. The summed E-state index contributed by atoms with van der Waals surface area (Å²) in [5.41, 5.74) is 0.498. The molecule has 0 saturated heterocycles. The number of hydrogen-bond acceptors (Lipinski definition) is 2. The molecule has 0 fully saturated rings. The summed E-state index contributed by atoms with van der Waals surface area (Å²) in [6.07, 6.45) is 0. The van der Waals surface area contributed by atoms with Gasteiger partial charge < -0.3 is 4.74 Å². The fourth-order valence-corrected chi connectivity index (χ4v) is 3.09. The molecule has 0 aliphatic carbocycles. The first-order valence-electron chi connectivity index (χ1n) is 6.31. The SMILES string of the molecule is O=C(Oc1ccc2ccccc2c1Br)c1ccccc1Br. The van der Waals surface area contributed by atoms with Gasteiger partial charge in [0.05, 0.1) is 10.0 Å². The van der Waals surface area contributed by atoms with Crippen molar-refractivity contribution in [3.05, 3.63) is 75.2 Å². The fourth-order valence-electron chi connectivity index (χ4n) is 2.07. The van der Waals surface area contributed by atoms with Crippen LogP contribution < -0.4 is 4.74 Å². The van der Waals surface area contributed by atoms with Gasteiger partial charge in [-0.05, 0) is 60.8 Å². The van der Waals surface area contributed by atoms with Crippen molar-refractivity contribution in [3.63, 3.8) is 0 Å². The van der Waals surface area contributed by atoms with Crippen molar-refractivity contribution in [3.8, 4) is 5.75 Å². The first-order valence-corrected chi connectivity index (χ1v) is 7.89. The van der Waals surface area contributed by atoms with E-state index in [9.17, 15) is 4.79 Å². The predicted molar refractivity (Wildman–Crippen MR) is 90.7 cm³/mol. The first-order chi connectivity index (χ1) is 10.2. The monoisotopic (exact) mass is 404 g/mol. The van der Waals surface area contributed by atoms with Crippen LogP contribution in [0, 0.1) is 0 Å². The van der Waals surface area contributed by atoms with Crippen molar-refractivity contribution in [2.75, 3.05) is 0 Å². The van der Waals surface area contributed by atoms with Gasteiger partial charge in [-0.1, -0.05) is 42.5 Å². The van der Waals surface area contributed by atoms with E-state index < -0.39 is 5.97 Å². The number of benzene rings is 3. The molecule has 3 aromatic rings. The molecule has 4 heteroatoms. The third kappa shape index (κ3) is 2.87. The number of fused-ring (bicyclic) bond motifs is 1. The van der Waals surface area contributed by atoms with Crippen LogP contribution in [-0.4, -0.2) is 5.97 Å². The highest BCUT2D eigenvalue weighted by Crippen LogP contribution is 2.33. The highest BCUT2D eigenvalue weighted by molar-refractivity contribution is 9.11. The zero-order chi connectivity index (χ0) is 14.8. The summed E-state index contributed by atoms with van der Waals surface area (Å²) < 4.78 is 7.00. The lowest BCUT2D eigenvalue weighted by Gasteiger charge is -2.09. The molecule has 0 saturated carbocycles. The van der Waals surface area contributed by atoms with Crippen LogP contribution in [0.1, 0.15) is 10.4 Å². The Kier molecular flexibility index (Phi) is 4.08. The molecular formula is C17H10Br2O2. The molecule has 0 atom stereocenters. The minimum Gasteiger partial charge on any atom is -0.422 e. The Balaban J connectivity index is 1.97. The van der Waals surface area contributed by atoms with Gasteiger partial charge in [0.25, 0.3) is 0 Å². The lowest BCUT2D eigenvalue weighted by molar-refractivity contribution is 0.0733. The molecule has 0 aromatic heterocycles. The molecule has 0 spiro atoms. The molecule has 2 nitrogen and oxygen atoms in total. The van der Waals surface area contributed by atoms with E-state index in [1.54, 1.807) is 18.2 Å². The number of halogens is 2. The maximum Gasteiger partial charge on any atom is 0.344 e. The van der Waals surface area contributed by atoms with Crippen molar-refractivity contribution in [2.45, 2.75) is 0 Å². The quantitative estimate of drug-likeness (QED) is 0.410. The molecule has 0 aliphatic rings. The van der Waals surface area contributed by atoms with Crippen LogP contribution in [-0.2, 0) is 0 Å². The Labute approximate surface area is 139 Å². The van der Waals surface area contributed by atoms with E-state index in [0.29, 0.717) is 15.8 Å². The van der Waals surface area contributed by atoms with Crippen LogP contribution in [0.3, 0.4) is 0 Å². The van der Waals surface area contributed by atoms with Gasteiger partial charge in [0.2, 0.25) is 0 Å². The van der Waals surface area contributed by atoms with E-state index in [1.807, 2.05) is 42.5 Å². The summed E-state index contributed by atoms with van der Waals surface area (Å²) in [6, 6.07) is 18.8. The Morgan fingerprint density at radius 1 is 0.857 bits per heavy atom. The summed E-state index contributed by atoms with van der Waals surface area (Å²) in [5, 5.41) is 2.10. The standard InChI is InChI=1S/C17H10Br2O2/c18-14-8-4-3-7-13(14)17(20)21-15-10-9-11-5-1-2-6-12(11)16(15)19/h1-10H. The second-order valence-electron chi connectivity index (χ2n) is 4.47. The minimum atomic E-state index is -0.390. The Bertz CT molecular complexity index is 828. The van der Waals surface area contributed by atoms with E-state index in [4.69, 9.17) is 4.74 Å². The van der Waals surface area contributed by atoms with Gasteiger partial charge >= 0.3 is 5.97 Å². The number of esters is 1. The molecule has 21 heavy (non-hydrogen) atoms. The predicted octanol–water partition coefficient (Wildman–Crippen LogP) is 5.58. The zero-order valence-electron chi connectivity index (χ0n) is 10.8. The molecule has 3 rings (SSSR count). The Hall–Kier alpha value is -1.65. The third-order valence-electron chi connectivity index (χ3n) is 3.12. The van der Waals surface area contributed by atoms with Gasteiger partial charge in [0.1, 0.15) is 5.75 Å². The van der Waals surface area contributed by atoms with Crippen LogP contribution in [0.4, 0.5) is 0 Å². The maximum absolute atomic E-state index is 12.3. The first kappa shape index (κ1) is 14.3. The Morgan fingerprint density at radius 3 is 2.38 bits per heavy atom. The third-order valence-corrected chi connectivity index (χ3v) is 4.63. The second kappa shape index (κ2) is 6.00. The molecule has 3 aromatic carbocycles. The largest absolute Gasteiger partial charge is 0.422 e. The lowest BCUT2D eigenvalue weighted by Crippen LogP contribution is -2.09. The van der Waals surface area contributed by atoms with Crippen molar-refractivity contribution >= 4 is 48.6 Å². The van der Waals surface area contributed by atoms with Gasteiger partial charge in [0, 0.05) is 4.47 Å². The summed E-state index contributed by atoms with van der Waals surface area (Å²) in [5.74, 6) is 0.118. The van der Waals surface area contributed by atoms with Crippen LogP contribution in [0.5, 0.6) is 5.75 Å². The smallest absolute Gasteiger partial charge is 0.344 e. The van der Waals surface area contributed by atoms with E-state index >= 15 is 0 Å². The zero-order valence-corrected chi connectivity index (χ0v) is 14.0. The normalized spacial score (nSPS) is 10.6.